The molecule has 0 saturated heterocycles. The Balaban J connectivity index is 2.37. The molecule has 0 aliphatic carbocycles. The summed E-state index contributed by atoms with van der Waals surface area (Å²) >= 11 is 0. The lowest BCUT2D eigenvalue weighted by Gasteiger charge is -1.96. The number of aryl methyl sites for hydroxylation is 1. The Labute approximate surface area is 77.5 Å². The van der Waals surface area contributed by atoms with Crippen LogP contribution < -0.4 is 0 Å². The van der Waals surface area contributed by atoms with Crippen molar-refractivity contribution in [3.63, 3.8) is 0 Å². The minimum Gasteiger partial charge on any atom is -0.392 e. The third-order valence-corrected chi connectivity index (χ3v) is 1.79. The molecule has 0 aromatic heterocycles. The predicted octanol–water partition coefficient (Wildman–Crippen LogP) is 2.31. The zero-order valence-electron chi connectivity index (χ0n) is 7.41. The van der Waals surface area contributed by atoms with Gasteiger partial charge in [-0.1, -0.05) is 24.3 Å². The summed E-state index contributed by atoms with van der Waals surface area (Å²) in [6.45, 7) is 0.0867. The zero-order valence-corrected chi connectivity index (χ0v) is 7.41. The van der Waals surface area contributed by atoms with Crippen LogP contribution in [-0.2, 0) is 6.42 Å². The molecule has 1 rings (SSSR count). The lowest BCUT2D eigenvalue weighted by atomic mass is 10.1. The van der Waals surface area contributed by atoms with E-state index < -0.39 is 0 Å². The van der Waals surface area contributed by atoms with Gasteiger partial charge in [0.1, 0.15) is 5.82 Å². The standard InChI is InChI=1S/C11H13FO/c12-11-7-5-10(6-8-11)4-2-1-3-9-13/h1,3,5-8,13H,2,4,9H2/b3-1+. The van der Waals surface area contributed by atoms with Gasteiger partial charge in [-0.25, -0.2) is 4.39 Å². The highest BCUT2D eigenvalue weighted by Crippen LogP contribution is 2.05. The highest BCUT2D eigenvalue weighted by atomic mass is 19.1. The van der Waals surface area contributed by atoms with Gasteiger partial charge in [0.25, 0.3) is 0 Å². The quantitative estimate of drug-likeness (QED) is 0.705. The van der Waals surface area contributed by atoms with E-state index in [0.29, 0.717) is 0 Å². The maximum atomic E-state index is 12.5. The zero-order chi connectivity index (χ0) is 9.52. The predicted molar refractivity (Wildman–Crippen MR) is 50.9 cm³/mol. The molecule has 0 bridgehead atoms. The first-order valence-electron chi connectivity index (χ1n) is 4.33. The molecule has 70 valence electrons. The smallest absolute Gasteiger partial charge is 0.123 e. The Morgan fingerprint density at radius 2 is 1.85 bits per heavy atom. The number of benzene rings is 1. The van der Waals surface area contributed by atoms with Crippen molar-refractivity contribution in [1.29, 1.82) is 0 Å². The molecule has 0 spiro atoms. The van der Waals surface area contributed by atoms with Crippen LogP contribution in [0.1, 0.15) is 12.0 Å². The largest absolute Gasteiger partial charge is 0.392 e. The number of hydrogen-bond donors (Lipinski definition) is 1. The van der Waals surface area contributed by atoms with Crippen molar-refractivity contribution < 1.29 is 9.50 Å². The van der Waals surface area contributed by atoms with E-state index in [1.807, 2.05) is 6.08 Å². The summed E-state index contributed by atoms with van der Waals surface area (Å²) < 4.78 is 12.5. The van der Waals surface area contributed by atoms with Gasteiger partial charge in [-0.3, -0.25) is 0 Å². The number of halogens is 1. The SMILES string of the molecule is OC/C=C/CCc1ccc(F)cc1. The maximum Gasteiger partial charge on any atom is 0.123 e. The summed E-state index contributed by atoms with van der Waals surface area (Å²) in [5.41, 5.74) is 1.11. The van der Waals surface area contributed by atoms with Crippen molar-refractivity contribution in [2.45, 2.75) is 12.8 Å². The molecular weight excluding hydrogens is 167 g/mol. The number of allylic oxidation sites excluding steroid dienone is 1. The Bertz CT molecular complexity index is 264. The molecule has 0 radical (unpaired) electrons. The second kappa shape index (κ2) is 5.49. The molecule has 13 heavy (non-hydrogen) atoms. The van der Waals surface area contributed by atoms with Crippen LogP contribution in [-0.4, -0.2) is 11.7 Å². The highest BCUT2D eigenvalue weighted by molar-refractivity contribution is 5.16. The first-order chi connectivity index (χ1) is 6.33. The first-order valence-corrected chi connectivity index (χ1v) is 4.33. The summed E-state index contributed by atoms with van der Waals surface area (Å²) in [4.78, 5) is 0. The minimum absolute atomic E-state index is 0.0867. The first kappa shape index (κ1) is 9.93. The summed E-state index contributed by atoms with van der Waals surface area (Å²) in [6.07, 6.45) is 5.40. The average molecular weight is 180 g/mol. The molecule has 1 aromatic carbocycles. The van der Waals surface area contributed by atoms with Gasteiger partial charge in [-0.05, 0) is 30.5 Å². The Morgan fingerprint density at radius 1 is 1.15 bits per heavy atom. The fourth-order valence-electron chi connectivity index (χ4n) is 1.09. The van der Waals surface area contributed by atoms with Crippen molar-refractivity contribution in [2.75, 3.05) is 6.61 Å². The molecule has 0 unspecified atom stereocenters. The van der Waals surface area contributed by atoms with E-state index in [1.54, 1.807) is 18.2 Å². The van der Waals surface area contributed by atoms with Gasteiger partial charge in [0.15, 0.2) is 0 Å². The van der Waals surface area contributed by atoms with E-state index in [9.17, 15) is 4.39 Å². The minimum atomic E-state index is -0.199. The summed E-state index contributed by atoms with van der Waals surface area (Å²) in [7, 11) is 0. The average Bonchev–Trinajstić information content (AvgIpc) is 2.15. The molecule has 1 aromatic rings. The third-order valence-electron chi connectivity index (χ3n) is 1.79. The van der Waals surface area contributed by atoms with E-state index in [2.05, 4.69) is 0 Å². The maximum absolute atomic E-state index is 12.5. The molecule has 0 aliphatic heterocycles. The molecule has 0 saturated carbocycles. The molecular formula is C11H13FO. The lowest BCUT2D eigenvalue weighted by Crippen LogP contribution is -1.83. The van der Waals surface area contributed by atoms with Crippen LogP contribution in [0, 0.1) is 5.82 Å². The monoisotopic (exact) mass is 180 g/mol. The summed E-state index contributed by atoms with van der Waals surface area (Å²) in [6, 6.07) is 6.49. The number of rotatable bonds is 4. The van der Waals surface area contributed by atoms with Crippen LogP contribution in [0.15, 0.2) is 36.4 Å². The third kappa shape index (κ3) is 3.85. The summed E-state index contributed by atoms with van der Waals surface area (Å²) in [5.74, 6) is -0.199. The van der Waals surface area contributed by atoms with Gasteiger partial charge < -0.3 is 5.11 Å². The van der Waals surface area contributed by atoms with Crippen LogP contribution in [0.3, 0.4) is 0 Å². The Hall–Kier alpha value is -1.15. The second-order valence-electron chi connectivity index (χ2n) is 2.82. The summed E-state index contributed by atoms with van der Waals surface area (Å²) in [5, 5.41) is 8.46. The fourth-order valence-corrected chi connectivity index (χ4v) is 1.09. The van der Waals surface area contributed by atoms with Crippen LogP contribution in [0.5, 0.6) is 0 Å². The van der Waals surface area contributed by atoms with Gasteiger partial charge >= 0.3 is 0 Å². The van der Waals surface area contributed by atoms with Crippen LogP contribution in [0.4, 0.5) is 4.39 Å². The second-order valence-corrected chi connectivity index (χ2v) is 2.82. The van der Waals surface area contributed by atoms with Crippen LogP contribution in [0.2, 0.25) is 0 Å². The Kier molecular flexibility index (Phi) is 4.19. The van der Waals surface area contributed by atoms with Crippen LogP contribution in [0.25, 0.3) is 0 Å². The molecule has 2 heteroatoms. The van der Waals surface area contributed by atoms with Gasteiger partial charge in [-0.2, -0.15) is 0 Å². The fraction of sp³-hybridized carbons (Fsp3) is 0.273. The number of aliphatic hydroxyl groups excluding tert-OH is 1. The normalized spacial score (nSPS) is 10.9. The molecule has 0 amide bonds. The van der Waals surface area contributed by atoms with E-state index >= 15 is 0 Å². The topological polar surface area (TPSA) is 20.2 Å². The van der Waals surface area contributed by atoms with Gasteiger partial charge in [0.05, 0.1) is 6.61 Å². The number of hydrogen-bond acceptors (Lipinski definition) is 1. The van der Waals surface area contributed by atoms with E-state index in [-0.39, 0.29) is 12.4 Å². The highest BCUT2D eigenvalue weighted by Gasteiger charge is 1.91. The lowest BCUT2D eigenvalue weighted by molar-refractivity contribution is 0.342. The van der Waals surface area contributed by atoms with Crippen molar-refractivity contribution in [2.24, 2.45) is 0 Å². The van der Waals surface area contributed by atoms with Crippen molar-refractivity contribution in [3.8, 4) is 0 Å². The molecule has 1 N–H and O–H groups in total. The van der Waals surface area contributed by atoms with E-state index in [0.717, 1.165) is 18.4 Å². The molecule has 0 heterocycles. The number of aliphatic hydroxyl groups is 1. The van der Waals surface area contributed by atoms with Crippen molar-refractivity contribution in [3.05, 3.63) is 47.8 Å². The van der Waals surface area contributed by atoms with Crippen LogP contribution >= 0.6 is 0 Å². The van der Waals surface area contributed by atoms with Gasteiger partial charge in [0.2, 0.25) is 0 Å². The van der Waals surface area contributed by atoms with Crippen molar-refractivity contribution >= 4 is 0 Å². The van der Waals surface area contributed by atoms with Gasteiger partial charge in [0, 0.05) is 0 Å². The van der Waals surface area contributed by atoms with Crippen molar-refractivity contribution in [1.82, 2.24) is 0 Å². The van der Waals surface area contributed by atoms with E-state index in [4.69, 9.17) is 5.11 Å². The molecule has 0 atom stereocenters. The molecule has 0 aliphatic rings. The molecule has 1 nitrogen and oxygen atoms in total. The molecule has 0 fully saturated rings. The van der Waals surface area contributed by atoms with Gasteiger partial charge in [-0.15, -0.1) is 0 Å². The Morgan fingerprint density at radius 3 is 2.46 bits per heavy atom. The van der Waals surface area contributed by atoms with E-state index in [1.165, 1.54) is 12.1 Å².